The molecule has 0 aromatic heterocycles. The fraction of sp³-hybridized carbons (Fsp3) is 0.850. The van der Waals surface area contributed by atoms with Crippen LogP contribution in [0.1, 0.15) is 117 Å². The van der Waals surface area contributed by atoms with Gasteiger partial charge in [0.05, 0.1) is 46.2 Å². The summed E-state index contributed by atoms with van der Waals surface area (Å²) in [5.74, 6) is -5.47. The number of aliphatic hydroxyl groups is 9. The minimum absolute atomic E-state index is 0.00374. The second kappa shape index (κ2) is 49.3. The highest BCUT2D eigenvalue weighted by atomic mass is 31.2. The molecule has 19 N–H and O–H groups in total. The number of ether oxygens (including phenoxy) is 8. The summed E-state index contributed by atoms with van der Waals surface area (Å²) in [7, 11) is -2.97. The second-order valence-corrected chi connectivity index (χ2v) is 25.5. The van der Waals surface area contributed by atoms with Crippen LogP contribution in [0.4, 0.5) is 0 Å². The van der Waals surface area contributed by atoms with Gasteiger partial charge in [0.2, 0.25) is 53.2 Å². The molecule has 0 aliphatic carbocycles. The van der Waals surface area contributed by atoms with Crippen molar-refractivity contribution in [1.82, 2.24) is 47.9 Å². The van der Waals surface area contributed by atoms with Crippen LogP contribution >= 0.6 is 7.82 Å². The van der Waals surface area contributed by atoms with Gasteiger partial charge in [-0.2, -0.15) is 0 Å². The van der Waals surface area contributed by atoms with Gasteiger partial charge in [-0.15, -0.1) is 0 Å². The van der Waals surface area contributed by atoms with Crippen molar-refractivity contribution >= 4 is 61.0 Å². The van der Waals surface area contributed by atoms with E-state index in [0.29, 0.717) is 51.5 Å². The normalized spacial score (nSPS) is 26.4. The van der Waals surface area contributed by atoms with Crippen molar-refractivity contribution in [1.29, 1.82) is 0 Å². The number of rotatable bonds is 51. The number of hydrogen-bond acceptors (Lipinski definition) is 29. The minimum atomic E-state index is -4.03. The number of aliphatic hydroxyl groups excluding tert-OH is 9. The Morgan fingerprint density at radius 2 is 0.810 bits per heavy atom. The largest absolute Gasteiger partial charge is 0.471 e. The first-order chi connectivity index (χ1) is 47.7. The number of unbranched alkanes of at least 4 members (excludes halogenated alkanes) is 6. The molecule has 0 aromatic rings. The Balaban J connectivity index is 1.67. The van der Waals surface area contributed by atoms with Crippen LogP contribution in [0.15, 0.2) is 0 Å². The summed E-state index contributed by atoms with van der Waals surface area (Å²) in [5.41, 5.74) is 0. The Hall–Kier alpha value is -5.34. The lowest BCUT2D eigenvalue weighted by Gasteiger charge is -2.42. The summed E-state index contributed by atoms with van der Waals surface area (Å²) in [6, 6.07) is -6.43. The third kappa shape index (κ3) is 34.3. The van der Waals surface area contributed by atoms with E-state index in [2.05, 4.69) is 52.4 Å². The van der Waals surface area contributed by atoms with Gasteiger partial charge in [0.15, 0.2) is 18.9 Å². The molecule has 40 heteroatoms. The minimum Gasteiger partial charge on any atom is -0.394 e. The summed E-state index contributed by atoms with van der Waals surface area (Å²) < 4.78 is 65.4. The molecule has 0 saturated carbocycles. The van der Waals surface area contributed by atoms with E-state index in [0.717, 1.165) is 13.5 Å². The van der Waals surface area contributed by atoms with Gasteiger partial charge in [-0.25, -0.2) is 4.57 Å². The van der Waals surface area contributed by atoms with Crippen LogP contribution in [0.5, 0.6) is 0 Å². The van der Waals surface area contributed by atoms with Crippen molar-refractivity contribution in [2.24, 2.45) is 0 Å². The van der Waals surface area contributed by atoms with Gasteiger partial charge in [0, 0.05) is 93.1 Å². The van der Waals surface area contributed by atoms with Crippen LogP contribution in [-0.4, -0.2) is 314 Å². The van der Waals surface area contributed by atoms with E-state index in [-0.39, 0.29) is 123 Å². The Labute approximate surface area is 579 Å². The molecule has 0 bridgehead atoms. The Bertz CT molecular complexity index is 2510. The molecule has 39 nitrogen and oxygen atoms in total. The van der Waals surface area contributed by atoms with Crippen molar-refractivity contribution in [3.8, 4) is 0 Å². The Morgan fingerprint density at radius 1 is 0.420 bits per heavy atom. The number of hydrogen-bond donors (Lipinski definition) is 19. The summed E-state index contributed by atoms with van der Waals surface area (Å²) in [4.78, 5) is 126. The third-order valence-corrected chi connectivity index (χ3v) is 16.8. The van der Waals surface area contributed by atoms with E-state index in [1.165, 1.54) is 20.8 Å². The summed E-state index contributed by atoms with van der Waals surface area (Å²) >= 11 is 0. The first-order valence-electron chi connectivity index (χ1n) is 33.6. The first-order valence-corrected chi connectivity index (χ1v) is 35.1. The molecule has 3 rings (SSSR count). The van der Waals surface area contributed by atoms with Crippen LogP contribution in [0.25, 0.3) is 0 Å². The van der Waals surface area contributed by atoms with Gasteiger partial charge in [0.1, 0.15) is 91.8 Å². The molecule has 3 aliphatic rings. The molecule has 578 valence electrons. The van der Waals surface area contributed by atoms with E-state index in [9.17, 15) is 98.6 Å². The molecule has 1 unspecified atom stereocenters. The van der Waals surface area contributed by atoms with Crippen LogP contribution in [-0.2, 0) is 94.7 Å². The van der Waals surface area contributed by atoms with E-state index in [1.54, 1.807) is 0 Å². The highest BCUT2D eigenvalue weighted by Gasteiger charge is 2.48. The molecular formula is C60H108N9O30P. The topological polar surface area (TPSA) is 574 Å². The van der Waals surface area contributed by atoms with E-state index in [4.69, 9.17) is 42.4 Å². The summed E-state index contributed by atoms with van der Waals surface area (Å²) in [6.07, 6.45) is -14.0. The van der Waals surface area contributed by atoms with Gasteiger partial charge in [-0.05, 0) is 64.2 Å². The highest BCUT2D eigenvalue weighted by molar-refractivity contribution is 7.47. The average Bonchev–Trinajstić information content (AvgIpc) is 0.834. The molecule has 3 saturated heterocycles. The number of carbonyl (C=O) groups excluding carboxylic acids is 9. The average molecular weight is 1470 g/mol. The van der Waals surface area contributed by atoms with Gasteiger partial charge in [-0.1, -0.05) is 12.8 Å². The smallest absolute Gasteiger partial charge is 0.394 e. The SMILES string of the molecule is COP(=O)(O)OCCCCCCNC(=O)COCCOCCNC(=O)[C@H](CCC(=O)NCCCCO[C@@H]1O[C@H](CO)[C@H](O)[C@H](O)[C@H]1NC(C)=O)NC(=O)[C@H](CCC(=O)NCCCCO[C@@H]1O[C@H](CO)[C@H](O)[C@H](O)[C@H]1NC(C)=O)NC(=O)CCCCO[C@@H]1O[C@H](CO)[C@H](O)[C@H](O)[C@H]1NC(C)=O. The lowest BCUT2D eigenvalue weighted by molar-refractivity contribution is -0.270. The maximum Gasteiger partial charge on any atom is 0.471 e. The number of amides is 9. The Kier molecular flexibility index (Phi) is 43.9. The molecule has 0 spiro atoms. The molecule has 3 aliphatic heterocycles. The number of carbonyl (C=O) groups is 9. The third-order valence-electron chi connectivity index (χ3n) is 15.8. The van der Waals surface area contributed by atoms with Crippen molar-refractivity contribution in [3.05, 3.63) is 0 Å². The van der Waals surface area contributed by atoms with Crippen molar-refractivity contribution < 1.29 is 146 Å². The van der Waals surface area contributed by atoms with Gasteiger partial charge in [0.25, 0.3) is 0 Å². The van der Waals surface area contributed by atoms with Gasteiger partial charge in [-0.3, -0.25) is 52.2 Å². The fourth-order valence-corrected chi connectivity index (χ4v) is 10.9. The van der Waals surface area contributed by atoms with Crippen LogP contribution < -0.4 is 47.9 Å². The van der Waals surface area contributed by atoms with Crippen LogP contribution in [0, 0.1) is 0 Å². The zero-order chi connectivity index (χ0) is 74.2. The standard InChI is InChI=1S/C60H108N9O30P/c1-35(73)65-47-53(83)50(80)40(31-70)97-58(47)93-24-12-7-15-45(78)68-39(17-19-44(77)62-22-10-14-26-95-60-49(67-37(3)75)55(85)52(82)42(33-72)99-60)57(87)69-38(16-18-43(76)61-21-9-13-25-94-59-48(66-36(2)74)54(84)51(81)41(32-71)98-59)56(86)64-23-28-91-29-30-92-34-46(79)63-20-8-5-6-11-27-96-100(88,89)90-4/h38-42,47-55,58-60,70-72,80-85H,5-34H2,1-4H3,(H,61,76)(H,62,77)(H,63,79)(H,64,86)(H,65,73)(H,66,74)(H,67,75)(H,68,78)(H,69,87)(H,88,89)/t38-,39-,40+,41+,42+,47+,48+,49+,50-,51-,52-,53+,54+,55+,58+,59+,60+/m0/s1. The lowest BCUT2D eigenvalue weighted by atomic mass is 9.97. The molecule has 18 atom stereocenters. The fourth-order valence-electron chi connectivity index (χ4n) is 10.4. The maximum atomic E-state index is 14.3. The number of phosphoric acid groups is 1. The second-order valence-electron chi connectivity index (χ2n) is 23.9. The van der Waals surface area contributed by atoms with Crippen molar-refractivity contribution in [2.75, 3.05) is 106 Å². The zero-order valence-corrected chi connectivity index (χ0v) is 58.0. The summed E-state index contributed by atoms with van der Waals surface area (Å²) in [5, 5.41) is 115. The summed E-state index contributed by atoms with van der Waals surface area (Å²) in [6.45, 7) is 1.65. The zero-order valence-electron chi connectivity index (χ0n) is 57.1. The van der Waals surface area contributed by atoms with Crippen LogP contribution in [0.3, 0.4) is 0 Å². The molecule has 100 heavy (non-hydrogen) atoms. The van der Waals surface area contributed by atoms with Crippen LogP contribution in [0.2, 0.25) is 0 Å². The van der Waals surface area contributed by atoms with E-state index in [1.807, 2.05) is 0 Å². The predicted molar refractivity (Wildman–Crippen MR) is 344 cm³/mol. The molecule has 0 radical (unpaired) electrons. The van der Waals surface area contributed by atoms with Gasteiger partial charge >= 0.3 is 7.82 Å². The van der Waals surface area contributed by atoms with E-state index >= 15 is 0 Å². The number of phosphoric ester groups is 1. The monoisotopic (exact) mass is 1470 g/mol. The molecule has 3 fully saturated rings. The number of nitrogens with one attached hydrogen (secondary N) is 9. The Morgan fingerprint density at radius 3 is 1.24 bits per heavy atom. The molecule has 9 amide bonds. The van der Waals surface area contributed by atoms with Crippen molar-refractivity contribution in [3.63, 3.8) is 0 Å². The molecular weight excluding hydrogens is 1360 g/mol. The molecule has 3 heterocycles. The highest BCUT2D eigenvalue weighted by Crippen LogP contribution is 2.42. The van der Waals surface area contributed by atoms with E-state index < -0.39 is 179 Å². The van der Waals surface area contributed by atoms with Crippen molar-refractivity contribution in [2.45, 2.75) is 221 Å². The molecule has 0 aromatic carbocycles. The quantitative estimate of drug-likeness (QED) is 0.0199. The first kappa shape index (κ1) is 88.9. The van der Waals surface area contributed by atoms with Gasteiger partial charge < -0.3 is 137 Å². The predicted octanol–water partition coefficient (Wildman–Crippen LogP) is -7.05. The maximum absolute atomic E-state index is 14.3. The lowest BCUT2D eigenvalue weighted by Crippen LogP contribution is -2.64.